The third-order valence-electron chi connectivity index (χ3n) is 0.643. The summed E-state index contributed by atoms with van der Waals surface area (Å²) in [6, 6.07) is 0. The Morgan fingerprint density at radius 2 is 2.75 bits per heavy atom. The van der Waals surface area contributed by atoms with Gasteiger partial charge in [-0.05, 0) is 0 Å². The standard InChI is InChI=1S/C3H3NO3S/c5-3(6)2-1-7-8-4-2/h1H2,(H,5,6). The molecular formula is C3H3NO3S. The molecule has 0 saturated carbocycles. The Labute approximate surface area is 49.9 Å². The van der Waals surface area contributed by atoms with Crippen LogP contribution in [0.2, 0.25) is 0 Å². The minimum Gasteiger partial charge on any atom is -0.477 e. The van der Waals surface area contributed by atoms with E-state index in [0.717, 1.165) is 12.2 Å². The number of aliphatic carboxylic acids is 1. The van der Waals surface area contributed by atoms with Crippen LogP contribution in [0.15, 0.2) is 4.40 Å². The van der Waals surface area contributed by atoms with Crippen molar-refractivity contribution in [2.24, 2.45) is 4.40 Å². The number of carbonyl (C=O) groups is 1. The number of rotatable bonds is 1. The van der Waals surface area contributed by atoms with Gasteiger partial charge in [-0.1, -0.05) is 0 Å². The normalized spacial score (nSPS) is 18.2. The van der Waals surface area contributed by atoms with Crippen LogP contribution in [-0.2, 0) is 8.98 Å². The first-order valence-corrected chi connectivity index (χ1v) is 2.59. The summed E-state index contributed by atoms with van der Waals surface area (Å²) in [7, 11) is 0. The van der Waals surface area contributed by atoms with Gasteiger partial charge in [0.15, 0.2) is 5.71 Å². The van der Waals surface area contributed by atoms with Gasteiger partial charge in [-0.2, -0.15) is 4.40 Å². The molecule has 0 unspecified atom stereocenters. The van der Waals surface area contributed by atoms with Crippen LogP contribution in [0.1, 0.15) is 0 Å². The van der Waals surface area contributed by atoms with Gasteiger partial charge in [-0.3, -0.25) is 4.18 Å². The average Bonchev–Trinajstić information content (AvgIpc) is 2.12. The van der Waals surface area contributed by atoms with Gasteiger partial charge in [0, 0.05) is 0 Å². The van der Waals surface area contributed by atoms with Gasteiger partial charge in [0.2, 0.25) is 0 Å². The summed E-state index contributed by atoms with van der Waals surface area (Å²) in [5, 5.41) is 8.19. The Bertz CT molecular complexity index is 143. The van der Waals surface area contributed by atoms with Crippen LogP contribution in [0.4, 0.5) is 0 Å². The summed E-state index contributed by atoms with van der Waals surface area (Å²) >= 11 is 0.818. The average molecular weight is 133 g/mol. The smallest absolute Gasteiger partial charge is 0.353 e. The van der Waals surface area contributed by atoms with Crippen molar-refractivity contribution in [2.45, 2.75) is 0 Å². The molecule has 1 N–H and O–H groups in total. The van der Waals surface area contributed by atoms with Crippen LogP contribution in [0, 0.1) is 0 Å². The molecule has 0 fully saturated rings. The lowest BCUT2D eigenvalue weighted by Gasteiger charge is -1.82. The zero-order chi connectivity index (χ0) is 5.98. The third-order valence-corrected chi connectivity index (χ3v) is 1.16. The molecule has 0 aromatic rings. The molecule has 0 radical (unpaired) electrons. The fourth-order valence-electron chi connectivity index (χ4n) is 0.281. The number of hydrogen-bond donors (Lipinski definition) is 1. The minimum atomic E-state index is -1.00. The van der Waals surface area contributed by atoms with E-state index in [2.05, 4.69) is 8.58 Å². The van der Waals surface area contributed by atoms with E-state index in [1.54, 1.807) is 0 Å². The molecule has 0 amide bonds. The molecule has 1 aliphatic rings. The highest BCUT2D eigenvalue weighted by Crippen LogP contribution is 2.11. The van der Waals surface area contributed by atoms with E-state index in [-0.39, 0.29) is 12.3 Å². The molecule has 1 rings (SSSR count). The predicted octanol–water partition coefficient (Wildman–Crippen LogP) is 0.105. The molecule has 0 aromatic carbocycles. The van der Waals surface area contributed by atoms with E-state index in [4.69, 9.17) is 5.11 Å². The maximum atomic E-state index is 9.98. The summed E-state index contributed by atoms with van der Waals surface area (Å²) in [5.74, 6) is -1.00. The molecule has 0 aliphatic carbocycles. The van der Waals surface area contributed by atoms with Gasteiger partial charge in [-0.15, -0.1) is 0 Å². The molecule has 1 aliphatic heterocycles. The zero-order valence-corrected chi connectivity index (χ0v) is 4.64. The van der Waals surface area contributed by atoms with E-state index < -0.39 is 5.97 Å². The quantitative estimate of drug-likeness (QED) is 0.407. The highest BCUT2D eigenvalue weighted by molar-refractivity contribution is 7.93. The molecule has 0 saturated heterocycles. The van der Waals surface area contributed by atoms with E-state index in [0.29, 0.717) is 0 Å². The SMILES string of the molecule is O=C(O)C1=NSOC1. The van der Waals surface area contributed by atoms with Crippen molar-refractivity contribution in [2.75, 3.05) is 6.61 Å². The number of carboxylic acids is 1. The van der Waals surface area contributed by atoms with Crippen LogP contribution in [0.5, 0.6) is 0 Å². The molecule has 0 spiro atoms. The summed E-state index contributed by atoms with van der Waals surface area (Å²) in [6.45, 7) is 0.111. The van der Waals surface area contributed by atoms with E-state index in [1.807, 2.05) is 0 Å². The monoisotopic (exact) mass is 133 g/mol. The highest BCUT2D eigenvalue weighted by Gasteiger charge is 2.14. The molecule has 4 nitrogen and oxygen atoms in total. The maximum Gasteiger partial charge on any atom is 0.353 e. The van der Waals surface area contributed by atoms with Crippen molar-refractivity contribution in [1.29, 1.82) is 0 Å². The lowest BCUT2D eigenvalue weighted by Crippen LogP contribution is -2.13. The van der Waals surface area contributed by atoms with Crippen LogP contribution in [-0.4, -0.2) is 23.4 Å². The van der Waals surface area contributed by atoms with Gasteiger partial charge in [-0.25, -0.2) is 4.79 Å². The van der Waals surface area contributed by atoms with Crippen LogP contribution >= 0.6 is 12.2 Å². The number of carboxylic acid groups (broad SMARTS) is 1. The molecule has 8 heavy (non-hydrogen) atoms. The topological polar surface area (TPSA) is 58.9 Å². The Balaban J connectivity index is 2.57. The van der Waals surface area contributed by atoms with Crippen molar-refractivity contribution in [1.82, 2.24) is 0 Å². The van der Waals surface area contributed by atoms with Crippen molar-refractivity contribution >= 4 is 23.9 Å². The van der Waals surface area contributed by atoms with Gasteiger partial charge in [0.1, 0.15) is 18.8 Å². The Hall–Kier alpha value is -0.550. The van der Waals surface area contributed by atoms with Crippen LogP contribution in [0.25, 0.3) is 0 Å². The lowest BCUT2D eigenvalue weighted by molar-refractivity contribution is -0.129. The van der Waals surface area contributed by atoms with Crippen molar-refractivity contribution in [3.05, 3.63) is 0 Å². The lowest BCUT2D eigenvalue weighted by atomic mass is 10.4. The molecule has 5 heteroatoms. The second-order valence-electron chi connectivity index (χ2n) is 1.18. The predicted molar refractivity (Wildman–Crippen MR) is 28.6 cm³/mol. The molecule has 1 heterocycles. The fraction of sp³-hybridized carbons (Fsp3) is 0.333. The van der Waals surface area contributed by atoms with Gasteiger partial charge < -0.3 is 5.11 Å². The zero-order valence-electron chi connectivity index (χ0n) is 3.83. The number of nitrogens with zero attached hydrogens (tertiary/aromatic N) is 1. The van der Waals surface area contributed by atoms with E-state index >= 15 is 0 Å². The van der Waals surface area contributed by atoms with Crippen LogP contribution < -0.4 is 0 Å². The van der Waals surface area contributed by atoms with Crippen molar-refractivity contribution in [3.8, 4) is 0 Å². The van der Waals surface area contributed by atoms with Gasteiger partial charge in [0.25, 0.3) is 0 Å². The summed E-state index contributed by atoms with van der Waals surface area (Å²) in [4.78, 5) is 9.98. The first-order valence-electron chi connectivity index (χ1n) is 1.89. The summed E-state index contributed by atoms with van der Waals surface area (Å²) in [6.07, 6.45) is 0. The summed E-state index contributed by atoms with van der Waals surface area (Å²) < 4.78 is 8.00. The largest absolute Gasteiger partial charge is 0.477 e. The Morgan fingerprint density at radius 1 is 2.00 bits per heavy atom. The fourth-order valence-corrected chi connectivity index (χ4v) is 0.718. The first-order chi connectivity index (χ1) is 3.80. The van der Waals surface area contributed by atoms with Crippen molar-refractivity contribution < 1.29 is 14.1 Å². The third kappa shape index (κ3) is 0.988. The van der Waals surface area contributed by atoms with Crippen LogP contribution in [0.3, 0.4) is 0 Å². The first kappa shape index (κ1) is 5.58. The van der Waals surface area contributed by atoms with Gasteiger partial charge in [0.05, 0.1) is 0 Å². The minimum absolute atomic E-state index is 0.0787. The molecular weight excluding hydrogens is 130 g/mol. The van der Waals surface area contributed by atoms with Crippen molar-refractivity contribution in [3.63, 3.8) is 0 Å². The number of hydrogen-bond acceptors (Lipinski definition) is 4. The van der Waals surface area contributed by atoms with E-state index in [9.17, 15) is 4.79 Å². The molecule has 0 aromatic heterocycles. The Kier molecular flexibility index (Phi) is 1.50. The highest BCUT2D eigenvalue weighted by atomic mass is 32.2. The second-order valence-corrected chi connectivity index (χ2v) is 1.75. The Morgan fingerprint density at radius 3 is 3.00 bits per heavy atom. The van der Waals surface area contributed by atoms with E-state index in [1.165, 1.54) is 0 Å². The molecule has 0 atom stereocenters. The molecule has 0 bridgehead atoms. The summed E-state index contributed by atoms with van der Waals surface area (Å²) in [5.41, 5.74) is 0.0787. The molecule has 44 valence electrons. The second kappa shape index (κ2) is 2.15. The maximum absolute atomic E-state index is 9.98. The van der Waals surface area contributed by atoms with Gasteiger partial charge >= 0.3 is 5.97 Å².